The lowest BCUT2D eigenvalue weighted by atomic mass is 10.1. The second-order valence-electron chi connectivity index (χ2n) is 3.97. The molecule has 106 valence electrons. The first-order valence-corrected chi connectivity index (χ1v) is 5.39. The van der Waals surface area contributed by atoms with Gasteiger partial charge in [-0.2, -0.15) is 13.2 Å². The minimum atomic E-state index is -4.66. The highest BCUT2D eigenvalue weighted by atomic mass is 19.4. The van der Waals surface area contributed by atoms with Gasteiger partial charge in [-0.3, -0.25) is 4.79 Å². The summed E-state index contributed by atoms with van der Waals surface area (Å²) >= 11 is 0. The number of aromatic nitrogens is 1. The lowest BCUT2D eigenvalue weighted by molar-refractivity contribution is -0.137. The van der Waals surface area contributed by atoms with Crippen molar-refractivity contribution >= 4 is 11.7 Å². The summed E-state index contributed by atoms with van der Waals surface area (Å²) in [5, 5.41) is 5.58. The molecule has 0 spiro atoms. The van der Waals surface area contributed by atoms with Crippen LogP contribution in [0, 0.1) is 12.7 Å². The predicted octanol–water partition coefficient (Wildman–Crippen LogP) is 3.39. The maximum atomic E-state index is 13.4. The van der Waals surface area contributed by atoms with E-state index in [1.165, 1.54) is 6.07 Å². The minimum absolute atomic E-state index is 0.00990. The Hall–Kier alpha value is -2.38. The molecule has 0 aliphatic rings. The number of benzene rings is 1. The summed E-state index contributed by atoms with van der Waals surface area (Å²) in [6, 6.07) is 2.94. The minimum Gasteiger partial charge on any atom is -0.360 e. The fraction of sp³-hybridized carbons (Fsp3) is 0.167. The van der Waals surface area contributed by atoms with E-state index in [2.05, 4.69) is 15.0 Å². The summed E-state index contributed by atoms with van der Waals surface area (Å²) in [7, 11) is 0. The number of alkyl halides is 3. The van der Waals surface area contributed by atoms with E-state index in [0.717, 1.165) is 0 Å². The molecule has 0 aliphatic heterocycles. The summed E-state index contributed by atoms with van der Waals surface area (Å²) in [4.78, 5) is 11.7. The summed E-state index contributed by atoms with van der Waals surface area (Å²) in [6.45, 7) is 1.56. The van der Waals surface area contributed by atoms with Crippen LogP contribution in [0.15, 0.2) is 28.8 Å². The molecule has 1 aromatic carbocycles. The standard InChI is InChI=1S/C12H8F4N2O2/c1-6-4-10(18-20-6)17-11(19)8-5-7(12(14,15)16)2-3-9(8)13/h2-5H,1H3,(H,17,18,19). The van der Waals surface area contributed by atoms with E-state index in [0.29, 0.717) is 24.0 Å². The molecular weight excluding hydrogens is 280 g/mol. The zero-order valence-electron chi connectivity index (χ0n) is 10.1. The molecule has 8 heteroatoms. The summed E-state index contributed by atoms with van der Waals surface area (Å²) in [5.41, 5.74) is -1.83. The Morgan fingerprint density at radius 3 is 2.55 bits per heavy atom. The number of halogens is 4. The summed E-state index contributed by atoms with van der Waals surface area (Å²) in [6.07, 6.45) is -4.66. The Morgan fingerprint density at radius 1 is 1.30 bits per heavy atom. The molecule has 0 unspecified atom stereocenters. The zero-order chi connectivity index (χ0) is 14.9. The largest absolute Gasteiger partial charge is 0.416 e. The van der Waals surface area contributed by atoms with Gasteiger partial charge in [0.15, 0.2) is 5.82 Å². The van der Waals surface area contributed by atoms with Crippen LogP contribution in [-0.4, -0.2) is 11.1 Å². The highest BCUT2D eigenvalue weighted by Gasteiger charge is 2.32. The Balaban J connectivity index is 2.29. The van der Waals surface area contributed by atoms with Gasteiger partial charge in [-0.25, -0.2) is 4.39 Å². The molecule has 2 aromatic rings. The van der Waals surface area contributed by atoms with E-state index in [9.17, 15) is 22.4 Å². The Kier molecular flexibility index (Phi) is 3.47. The first kappa shape index (κ1) is 14.0. The van der Waals surface area contributed by atoms with E-state index in [4.69, 9.17) is 0 Å². The van der Waals surface area contributed by atoms with Gasteiger partial charge in [0.05, 0.1) is 11.1 Å². The lowest BCUT2D eigenvalue weighted by Gasteiger charge is -2.09. The average molecular weight is 288 g/mol. The maximum Gasteiger partial charge on any atom is 0.416 e. The van der Waals surface area contributed by atoms with Crippen molar-refractivity contribution in [1.29, 1.82) is 0 Å². The molecular formula is C12H8F4N2O2. The molecule has 0 bridgehead atoms. The fourth-order valence-corrected chi connectivity index (χ4v) is 1.48. The molecule has 1 N–H and O–H groups in total. The van der Waals surface area contributed by atoms with Gasteiger partial charge in [-0.15, -0.1) is 0 Å². The Bertz CT molecular complexity index is 649. The van der Waals surface area contributed by atoms with Crippen LogP contribution in [0.5, 0.6) is 0 Å². The number of nitrogens with zero attached hydrogens (tertiary/aromatic N) is 1. The molecule has 0 atom stereocenters. The van der Waals surface area contributed by atoms with Crippen molar-refractivity contribution in [2.45, 2.75) is 13.1 Å². The second-order valence-corrected chi connectivity index (χ2v) is 3.97. The van der Waals surface area contributed by atoms with Gasteiger partial charge in [0.2, 0.25) is 0 Å². The van der Waals surface area contributed by atoms with Gasteiger partial charge < -0.3 is 9.84 Å². The van der Waals surface area contributed by atoms with Crippen LogP contribution in [0.1, 0.15) is 21.7 Å². The normalized spacial score (nSPS) is 11.4. The number of nitrogens with one attached hydrogen (secondary N) is 1. The van der Waals surface area contributed by atoms with Crippen molar-refractivity contribution in [3.05, 3.63) is 47.0 Å². The third-order valence-electron chi connectivity index (χ3n) is 2.41. The number of carbonyl (C=O) groups excluding carboxylic acids is 1. The van der Waals surface area contributed by atoms with Crippen LogP contribution < -0.4 is 5.32 Å². The molecule has 0 fully saturated rings. The number of amides is 1. The summed E-state index contributed by atoms with van der Waals surface area (Å²) in [5.74, 6) is -1.72. The van der Waals surface area contributed by atoms with Crippen LogP contribution in [0.4, 0.5) is 23.4 Å². The van der Waals surface area contributed by atoms with Gasteiger partial charge in [-0.1, -0.05) is 5.16 Å². The van der Waals surface area contributed by atoms with E-state index >= 15 is 0 Å². The molecule has 1 amide bonds. The molecule has 2 rings (SSSR count). The molecule has 0 saturated heterocycles. The number of carbonyl (C=O) groups is 1. The molecule has 0 aliphatic carbocycles. The Morgan fingerprint density at radius 2 is 2.00 bits per heavy atom. The Labute approximate surface area is 110 Å². The highest BCUT2D eigenvalue weighted by Crippen LogP contribution is 2.30. The van der Waals surface area contributed by atoms with Gasteiger partial charge >= 0.3 is 6.18 Å². The first-order valence-electron chi connectivity index (χ1n) is 5.39. The van der Waals surface area contributed by atoms with E-state index < -0.39 is 29.0 Å². The lowest BCUT2D eigenvalue weighted by Crippen LogP contribution is -2.16. The van der Waals surface area contributed by atoms with Crippen LogP contribution in [0.2, 0.25) is 0 Å². The van der Waals surface area contributed by atoms with Crippen molar-refractivity contribution in [2.75, 3.05) is 5.32 Å². The molecule has 4 nitrogen and oxygen atoms in total. The van der Waals surface area contributed by atoms with Gasteiger partial charge in [0, 0.05) is 6.07 Å². The molecule has 0 saturated carbocycles. The number of hydrogen-bond acceptors (Lipinski definition) is 3. The highest BCUT2D eigenvalue weighted by molar-refractivity contribution is 6.04. The topological polar surface area (TPSA) is 55.1 Å². The third-order valence-corrected chi connectivity index (χ3v) is 2.41. The zero-order valence-corrected chi connectivity index (χ0v) is 10.1. The first-order chi connectivity index (χ1) is 9.27. The monoisotopic (exact) mass is 288 g/mol. The number of rotatable bonds is 2. The smallest absolute Gasteiger partial charge is 0.360 e. The van der Waals surface area contributed by atoms with Crippen LogP contribution in [-0.2, 0) is 6.18 Å². The van der Waals surface area contributed by atoms with Crippen molar-refractivity contribution in [3.8, 4) is 0 Å². The van der Waals surface area contributed by atoms with Crippen molar-refractivity contribution in [1.82, 2.24) is 5.16 Å². The maximum absolute atomic E-state index is 13.4. The van der Waals surface area contributed by atoms with Crippen molar-refractivity contribution in [2.24, 2.45) is 0 Å². The second kappa shape index (κ2) is 4.95. The van der Waals surface area contributed by atoms with Crippen LogP contribution >= 0.6 is 0 Å². The molecule has 0 radical (unpaired) electrons. The van der Waals surface area contributed by atoms with Crippen LogP contribution in [0.25, 0.3) is 0 Å². The fourth-order valence-electron chi connectivity index (χ4n) is 1.48. The SMILES string of the molecule is Cc1cc(NC(=O)c2cc(C(F)(F)F)ccc2F)no1. The average Bonchev–Trinajstić information content (AvgIpc) is 2.73. The number of anilines is 1. The van der Waals surface area contributed by atoms with Gasteiger partial charge in [-0.05, 0) is 25.1 Å². The van der Waals surface area contributed by atoms with E-state index in [1.54, 1.807) is 6.92 Å². The quantitative estimate of drug-likeness (QED) is 0.862. The van der Waals surface area contributed by atoms with Crippen molar-refractivity contribution < 1.29 is 26.9 Å². The van der Waals surface area contributed by atoms with Gasteiger partial charge in [0.1, 0.15) is 11.6 Å². The van der Waals surface area contributed by atoms with Crippen LogP contribution in [0.3, 0.4) is 0 Å². The summed E-state index contributed by atoms with van der Waals surface area (Å²) < 4.78 is 55.7. The van der Waals surface area contributed by atoms with Crippen molar-refractivity contribution in [3.63, 3.8) is 0 Å². The predicted molar refractivity (Wildman–Crippen MR) is 60.6 cm³/mol. The number of aryl methyl sites for hydroxylation is 1. The van der Waals surface area contributed by atoms with E-state index in [-0.39, 0.29) is 5.82 Å². The number of hydrogen-bond donors (Lipinski definition) is 1. The molecule has 1 aromatic heterocycles. The molecule has 20 heavy (non-hydrogen) atoms. The molecule has 1 heterocycles. The van der Waals surface area contributed by atoms with E-state index in [1.807, 2.05) is 0 Å². The third kappa shape index (κ3) is 2.95. The van der Waals surface area contributed by atoms with Gasteiger partial charge in [0.25, 0.3) is 5.91 Å².